The third kappa shape index (κ3) is 4.01. The van der Waals surface area contributed by atoms with Crippen molar-refractivity contribution in [1.82, 2.24) is 15.2 Å². The first-order valence-electron chi connectivity index (χ1n) is 7.50. The van der Waals surface area contributed by atoms with Gasteiger partial charge in [-0.25, -0.2) is 0 Å². The molecule has 1 amide bonds. The number of methoxy groups -OCH3 is 1. The summed E-state index contributed by atoms with van der Waals surface area (Å²) in [6.07, 6.45) is 3.38. The molecule has 0 aliphatic heterocycles. The molecule has 6 nitrogen and oxygen atoms in total. The molecule has 128 valence electrons. The molecule has 0 spiro atoms. The Balaban J connectivity index is 1.92. The molecule has 2 heterocycles. The smallest absolute Gasteiger partial charge is 0.261 e. The quantitative estimate of drug-likeness (QED) is 0.660. The number of nitrogens with zero attached hydrogens (tertiary/aromatic N) is 4. The van der Waals surface area contributed by atoms with Crippen molar-refractivity contribution in [1.29, 1.82) is 0 Å². The maximum absolute atomic E-state index is 12.9. The molecule has 0 fully saturated rings. The Labute approximate surface area is 154 Å². The third-order valence-electron chi connectivity index (χ3n) is 3.44. The number of benzene rings is 1. The van der Waals surface area contributed by atoms with Gasteiger partial charge >= 0.3 is 0 Å². The Bertz CT molecular complexity index is 857. The molecule has 1 aromatic carbocycles. The van der Waals surface area contributed by atoms with Gasteiger partial charge in [0.15, 0.2) is 0 Å². The maximum Gasteiger partial charge on any atom is 0.261 e. The predicted molar refractivity (Wildman–Crippen MR) is 98.1 cm³/mol. The molecule has 0 atom stereocenters. The SMILES string of the molecule is COCCN(C(=O)c1ccccc1Cl)c1nnc(-c2ccncc2)s1. The first kappa shape index (κ1) is 17.5. The standard InChI is InChI=1S/C17H15ClN4O2S/c1-24-11-10-22(16(23)13-4-2-3-5-14(13)18)17-21-20-15(25-17)12-6-8-19-9-7-12/h2-9H,10-11H2,1H3. The molecule has 0 unspecified atom stereocenters. The monoisotopic (exact) mass is 374 g/mol. The third-order valence-corrected chi connectivity index (χ3v) is 4.77. The lowest BCUT2D eigenvalue weighted by Crippen LogP contribution is -2.34. The highest BCUT2D eigenvalue weighted by molar-refractivity contribution is 7.18. The van der Waals surface area contributed by atoms with E-state index in [-0.39, 0.29) is 5.91 Å². The van der Waals surface area contributed by atoms with Gasteiger partial charge in [0.05, 0.1) is 23.7 Å². The van der Waals surface area contributed by atoms with E-state index in [0.29, 0.717) is 33.9 Å². The molecule has 0 aliphatic rings. The molecular weight excluding hydrogens is 360 g/mol. The molecule has 8 heteroatoms. The van der Waals surface area contributed by atoms with Crippen LogP contribution in [0.2, 0.25) is 5.02 Å². The minimum Gasteiger partial charge on any atom is -0.383 e. The molecule has 0 saturated carbocycles. The lowest BCUT2D eigenvalue weighted by Gasteiger charge is -2.19. The molecule has 0 aliphatic carbocycles. The van der Waals surface area contributed by atoms with Crippen LogP contribution in [0.4, 0.5) is 5.13 Å². The number of hydrogen-bond donors (Lipinski definition) is 0. The second-order valence-electron chi connectivity index (χ2n) is 5.06. The highest BCUT2D eigenvalue weighted by Crippen LogP contribution is 2.30. The molecule has 0 N–H and O–H groups in total. The van der Waals surface area contributed by atoms with Crippen LogP contribution in [0.15, 0.2) is 48.8 Å². The van der Waals surface area contributed by atoms with Gasteiger partial charge in [-0.2, -0.15) is 0 Å². The second kappa shape index (κ2) is 8.15. The second-order valence-corrected chi connectivity index (χ2v) is 6.42. The van der Waals surface area contributed by atoms with Crippen molar-refractivity contribution in [3.05, 3.63) is 59.4 Å². The molecule has 25 heavy (non-hydrogen) atoms. The molecule has 0 radical (unpaired) electrons. The summed E-state index contributed by atoms with van der Waals surface area (Å²) in [6, 6.07) is 10.6. The van der Waals surface area contributed by atoms with E-state index in [1.54, 1.807) is 43.8 Å². The van der Waals surface area contributed by atoms with E-state index in [1.807, 2.05) is 12.1 Å². The minimum atomic E-state index is -0.236. The van der Waals surface area contributed by atoms with Crippen LogP contribution in [-0.2, 0) is 4.74 Å². The van der Waals surface area contributed by atoms with E-state index in [9.17, 15) is 4.79 Å². The Hall–Kier alpha value is -2.35. The molecular formula is C17H15ClN4O2S. The van der Waals surface area contributed by atoms with Crippen molar-refractivity contribution in [2.75, 3.05) is 25.2 Å². The minimum absolute atomic E-state index is 0.236. The maximum atomic E-state index is 12.9. The zero-order valence-corrected chi connectivity index (χ0v) is 15.0. The summed E-state index contributed by atoms with van der Waals surface area (Å²) in [6.45, 7) is 0.728. The average molecular weight is 375 g/mol. The van der Waals surface area contributed by atoms with Gasteiger partial charge in [0.2, 0.25) is 5.13 Å². The zero-order valence-electron chi connectivity index (χ0n) is 13.4. The summed E-state index contributed by atoms with van der Waals surface area (Å²) in [7, 11) is 1.58. The van der Waals surface area contributed by atoms with Gasteiger partial charge in [0.25, 0.3) is 5.91 Å². The van der Waals surface area contributed by atoms with Gasteiger partial charge in [0.1, 0.15) is 5.01 Å². The summed E-state index contributed by atoms with van der Waals surface area (Å²) >= 11 is 7.50. The molecule has 0 bridgehead atoms. The number of carbonyl (C=O) groups is 1. The highest BCUT2D eigenvalue weighted by atomic mass is 35.5. The van der Waals surface area contributed by atoms with Crippen LogP contribution in [0, 0.1) is 0 Å². The first-order valence-corrected chi connectivity index (χ1v) is 8.69. The van der Waals surface area contributed by atoms with E-state index < -0.39 is 0 Å². The van der Waals surface area contributed by atoms with Gasteiger partial charge in [0, 0.05) is 25.1 Å². The van der Waals surface area contributed by atoms with Gasteiger partial charge in [-0.05, 0) is 24.3 Å². The number of ether oxygens (including phenoxy) is 1. The van der Waals surface area contributed by atoms with Crippen LogP contribution in [0.3, 0.4) is 0 Å². The number of rotatable bonds is 6. The Kier molecular flexibility index (Phi) is 5.70. The summed E-state index contributed by atoms with van der Waals surface area (Å²) < 4.78 is 5.12. The Morgan fingerprint density at radius 3 is 2.68 bits per heavy atom. The zero-order chi connectivity index (χ0) is 17.6. The predicted octanol–water partition coefficient (Wildman–Crippen LogP) is 3.55. The molecule has 3 rings (SSSR count). The fraction of sp³-hybridized carbons (Fsp3) is 0.176. The van der Waals surface area contributed by atoms with Crippen LogP contribution < -0.4 is 4.90 Å². The van der Waals surface area contributed by atoms with Crippen LogP contribution in [0.5, 0.6) is 0 Å². The van der Waals surface area contributed by atoms with E-state index in [0.717, 1.165) is 5.56 Å². The van der Waals surface area contributed by atoms with Gasteiger partial charge in [-0.1, -0.05) is 35.1 Å². The van der Waals surface area contributed by atoms with Crippen molar-refractivity contribution >= 4 is 34.0 Å². The molecule has 2 aromatic heterocycles. The van der Waals surface area contributed by atoms with Crippen molar-refractivity contribution in [2.45, 2.75) is 0 Å². The number of carbonyl (C=O) groups excluding carboxylic acids is 1. The number of anilines is 1. The van der Waals surface area contributed by atoms with Gasteiger partial charge < -0.3 is 4.74 Å². The van der Waals surface area contributed by atoms with Crippen LogP contribution in [0.25, 0.3) is 10.6 Å². The average Bonchev–Trinajstić information content (AvgIpc) is 3.13. The van der Waals surface area contributed by atoms with Crippen molar-refractivity contribution in [3.8, 4) is 10.6 Å². The fourth-order valence-corrected chi connectivity index (χ4v) is 3.27. The number of aromatic nitrogens is 3. The van der Waals surface area contributed by atoms with E-state index in [4.69, 9.17) is 16.3 Å². The van der Waals surface area contributed by atoms with Crippen LogP contribution in [0.1, 0.15) is 10.4 Å². The fourth-order valence-electron chi connectivity index (χ4n) is 2.18. The lowest BCUT2D eigenvalue weighted by molar-refractivity contribution is 0.0976. The number of hydrogen-bond acceptors (Lipinski definition) is 6. The Morgan fingerprint density at radius 2 is 1.96 bits per heavy atom. The largest absolute Gasteiger partial charge is 0.383 e. The topological polar surface area (TPSA) is 68.2 Å². The normalized spacial score (nSPS) is 10.6. The first-order chi connectivity index (χ1) is 12.2. The summed E-state index contributed by atoms with van der Waals surface area (Å²) in [5.74, 6) is -0.236. The van der Waals surface area contributed by atoms with Crippen molar-refractivity contribution in [3.63, 3.8) is 0 Å². The van der Waals surface area contributed by atoms with Gasteiger partial charge in [-0.3, -0.25) is 14.7 Å². The highest BCUT2D eigenvalue weighted by Gasteiger charge is 2.23. The van der Waals surface area contributed by atoms with Gasteiger partial charge in [-0.15, -0.1) is 10.2 Å². The van der Waals surface area contributed by atoms with Crippen molar-refractivity contribution in [2.24, 2.45) is 0 Å². The summed E-state index contributed by atoms with van der Waals surface area (Å²) in [5.41, 5.74) is 1.32. The summed E-state index contributed by atoms with van der Waals surface area (Å²) in [5, 5.41) is 9.97. The summed E-state index contributed by atoms with van der Waals surface area (Å²) in [4.78, 5) is 18.5. The number of halogens is 1. The molecule has 3 aromatic rings. The Morgan fingerprint density at radius 1 is 1.20 bits per heavy atom. The van der Waals surface area contributed by atoms with Crippen LogP contribution in [-0.4, -0.2) is 41.3 Å². The number of pyridine rings is 1. The van der Waals surface area contributed by atoms with Crippen molar-refractivity contribution < 1.29 is 9.53 Å². The van der Waals surface area contributed by atoms with E-state index in [2.05, 4.69) is 15.2 Å². The van der Waals surface area contributed by atoms with E-state index in [1.165, 1.54) is 16.2 Å². The van der Waals surface area contributed by atoms with E-state index >= 15 is 0 Å². The van der Waals surface area contributed by atoms with Crippen LogP contribution >= 0.6 is 22.9 Å². The number of amides is 1. The lowest BCUT2D eigenvalue weighted by atomic mass is 10.2. The molecule has 0 saturated heterocycles.